The summed E-state index contributed by atoms with van der Waals surface area (Å²) in [5, 5.41) is 3.22. The lowest BCUT2D eigenvalue weighted by molar-refractivity contribution is -0.0262. The zero-order valence-corrected chi connectivity index (χ0v) is 12.0. The first-order valence-corrected chi connectivity index (χ1v) is 7.12. The molecule has 3 nitrogen and oxygen atoms in total. The van der Waals surface area contributed by atoms with Crippen LogP contribution in [-0.4, -0.2) is 43.8 Å². The molecule has 20 heavy (non-hydrogen) atoms. The minimum atomic E-state index is -0.416. The maximum Gasteiger partial charge on any atom is 0.128 e. The second kappa shape index (κ2) is 7.11. The standard InChI is InChI=1S/C15H22F2N2O/c1-3-19-6-7-20-13(10-19)9-18-11(2)14-8-12(16)4-5-15(14)17/h4-5,8,11,13,18H,3,6-7,9-10H2,1-2H3. The second-order valence-corrected chi connectivity index (χ2v) is 5.18. The van der Waals surface area contributed by atoms with Crippen molar-refractivity contribution in [1.82, 2.24) is 10.2 Å². The first kappa shape index (κ1) is 15.4. The molecule has 1 aromatic rings. The summed E-state index contributed by atoms with van der Waals surface area (Å²) in [5.74, 6) is -0.799. The number of hydrogen-bond donors (Lipinski definition) is 1. The maximum atomic E-state index is 13.7. The van der Waals surface area contributed by atoms with Crippen LogP contribution >= 0.6 is 0 Å². The predicted octanol–water partition coefficient (Wildman–Crippen LogP) is 2.34. The fourth-order valence-electron chi connectivity index (χ4n) is 2.46. The lowest BCUT2D eigenvalue weighted by Crippen LogP contribution is -2.46. The smallest absolute Gasteiger partial charge is 0.128 e. The minimum Gasteiger partial charge on any atom is -0.374 e. The highest BCUT2D eigenvalue weighted by Crippen LogP contribution is 2.18. The summed E-state index contributed by atoms with van der Waals surface area (Å²) in [6, 6.07) is 3.30. The zero-order chi connectivity index (χ0) is 14.5. The Morgan fingerprint density at radius 2 is 2.25 bits per heavy atom. The van der Waals surface area contributed by atoms with Gasteiger partial charge in [-0.25, -0.2) is 8.78 Å². The van der Waals surface area contributed by atoms with E-state index in [9.17, 15) is 8.78 Å². The highest BCUT2D eigenvalue weighted by Gasteiger charge is 2.20. The average molecular weight is 284 g/mol. The number of benzene rings is 1. The van der Waals surface area contributed by atoms with Gasteiger partial charge in [-0.3, -0.25) is 4.90 Å². The number of rotatable bonds is 5. The van der Waals surface area contributed by atoms with Gasteiger partial charge in [0, 0.05) is 31.2 Å². The fourth-order valence-corrected chi connectivity index (χ4v) is 2.46. The van der Waals surface area contributed by atoms with E-state index in [0.717, 1.165) is 32.3 Å². The number of halogens is 2. The van der Waals surface area contributed by atoms with Crippen LogP contribution in [0.1, 0.15) is 25.5 Å². The Morgan fingerprint density at radius 1 is 1.45 bits per heavy atom. The third-order valence-corrected chi connectivity index (χ3v) is 3.75. The molecular weight excluding hydrogens is 262 g/mol. The molecule has 2 rings (SSSR count). The quantitative estimate of drug-likeness (QED) is 0.898. The van der Waals surface area contributed by atoms with E-state index in [1.807, 2.05) is 6.92 Å². The van der Waals surface area contributed by atoms with Crippen molar-refractivity contribution in [3.8, 4) is 0 Å². The van der Waals surface area contributed by atoms with Crippen LogP contribution in [0.25, 0.3) is 0 Å². The second-order valence-electron chi connectivity index (χ2n) is 5.18. The molecule has 0 amide bonds. The first-order chi connectivity index (χ1) is 9.60. The Hall–Kier alpha value is -1.04. The maximum absolute atomic E-state index is 13.7. The summed E-state index contributed by atoms with van der Waals surface area (Å²) in [5.41, 5.74) is 0.355. The summed E-state index contributed by atoms with van der Waals surface area (Å²) < 4.78 is 32.5. The van der Waals surface area contributed by atoms with E-state index in [1.54, 1.807) is 0 Å². The van der Waals surface area contributed by atoms with Gasteiger partial charge in [0.1, 0.15) is 11.6 Å². The summed E-state index contributed by atoms with van der Waals surface area (Å²) >= 11 is 0. The number of hydrogen-bond acceptors (Lipinski definition) is 3. The molecule has 0 spiro atoms. The van der Waals surface area contributed by atoms with Crippen molar-refractivity contribution in [2.24, 2.45) is 0 Å². The highest BCUT2D eigenvalue weighted by atomic mass is 19.1. The lowest BCUT2D eigenvalue weighted by atomic mass is 10.1. The topological polar surface area (TPSA) is 24.5 Å². The SMILES string of the molecule is CCN1CCOC(CNC(C)c2cc(F)ccc2F)C1. The summed E-state index contributed by atoms with van der Waals surface area (Å²) in [4.78, 5) is 2.32. The van der Waals surface area contributed by atoms with Crippen molar-refractivity contribution >= 4 is 0 Å². The largest absolute Gasteiger partial charge is 0.374 e. The average Bonchev–Trinajstić information content (AvgIpc) is 2.47. The molecule has 0 aromatic heterocycles. The number of ether oxygens (including phenoxy) is 1. The van der Waals surface area contributed by atoms with Crippen molar-refractivity contribution < 1.29 is 13.5 Å². The van der Waals surface area contributed by atoms with E-state index in [4.69, 9.17) is 4.74 Å². The third-order valence-electron chi connectivity index (χ3n) is 3.75. The summed E-state index contributed by atoms with van der Waals surface area (Å²) in [6.45, 7) is 8.16. The Bertz CT molecular complexity index is 442. The molecule has 0 bridgehead atoms. The van der Waals surface area contributed by atoms with Gasteiger partial charge in [-0.15, -0.1) is 0 Å². The van der Waals surface area contributed by atoms with Gasteiger partial charge in [-0.2, -0.15) is 0 Å². The monoisotopic (exact) mass is 284 g/mol. The van der Waals surface area contributed by atoms with Crippen molar-refractivity contribution in [1.29, 1.82) is 0 Å². The van der Waals surface area contributed by atoms with Crippen LogP contribution in [0.15, 0.2) is 18.2 Å². The van der Waals surface area contributed by atoms with E-state index < -0.39 is 5.82 Å². The van der Waals surface area contributed by atoms with Gasteiger partial charge in [0.05, 0.1) is 12.7 Å². The molecule has 2 atom stereocenters. The Kier molecular flexibility index (Phi) is 5.46. The van der Waals surface area contributed by atoms with Crippen molar-refractivity contribution in [2.75, 3.05) is 32.8 Å². The van der Waals surface area contributed by atoms with E-state index in [0.29, 0.717) is 12.1 Å². The van der Waals surface area contributed by atoms with Gasteiger partial charge in [0.15, 0.2) is 0 Å². The zero-order valence-electron chi connectivity index (χ0n) is 12.0. The molecule has 1 aliphatic rings. The molecule has 1 heterocycles. The van der Waals surface area contributed by atoms with Crippen molar-refractivity contribution in [3.05, 3.63) is 35.4 Å². The van der Waals surface area contributed by atoms with Crippen LogP contribution < -0.4 is 5.32 Å². The van der Waals surface area contributed by atoms with E-state index in [-0.39, 0.29) is 18.0 Å². The molecule has 112 valence electrons. The first-order valence-electron chi connectivity index (χ1n) is 7.12. The van der Waals surface area contributed by atoms with Gasteiger partial charge < -0.3 is 10.1 Å². The Labute approximate surface area is 118 Å². The fraction of sp³-hybridized carbons (Fsp3) is 0.600. The molecule has 0 radical (unpaired) electrons. The molecule has 0 saturated carbocycles. The molecule has 1 N–H and O–H groups in total. The van der Waals surface area contributed by atoms with Crippen LogP contribution in [-0.2, 0) is 4.74 Å². The normalized spacial score (nSPS) is 21.9. The van der Waals surface area contributed by atoms with Gasteiger partial charge in [-0.1, -0.05) is 6.92 Å². The molecule has 1 aliphatic heterocycles. The third kappa shape index (κ3) is 3.98. The predicted molar refractivity (Wildman–Crippen MR) is 74.6 cm³/mol. The van der Waals surface area contributed by atoms with Crippen LogP contribution in [0.4, 0.5) is 8.78 Å². The lowest BCUT2D eigenvalue weighted by Gasteiger charge is -2.32. The highest BCUT2D eigenvalue weighted by molar-refractivity contribution is 5.21. The number of likely N-dealkylation sites (N-methyl/N-ethyl adjacent to an activating group) is 1. The van der Waals surface area contributed by atoms with Crippen molar-refractivity contribution in [2.45, 2.75) is 26.0 Å². The molecule has 2 unspecified atom stereocenters. The molecule has 5 heteroatoms. The summed E-state index contributed by atoms with van der Waals surface area (Å²) in [6.07, 6.45) is 0.0998. The molecule has 1 aromatic carbocycles. The van der Waals surface area contributed by atoms with E-state index in [1.165, 1.54) is 12.1 Å². The van der Waals surface area contributed by atoms with Crippen LogP contribution in [0.3, 0.4) is 0 Å². The summed E-state index contributed by atoms with van der Waals surface area (Å²) in [7, 11) is 0. The Balaban J connectivity index is 1.88. The molecular formula is C15H22F2N2O. The Morgan fingerprint density at radius 3 is 3.00 bits per heavy atom. The van der Waals surface area contributed by atoms with Crippen molar-refractivity contribution in [3.63, 3.8) is 0 Å². The van der Waals surface area contributed by atoms with Gasteiger partial charge in [0.25, 0.3) is 0 Å². The van der Waals surface area contributed by atoms with Gasteiger partial charge in [-0.05, 0) is 31.7 Å². The molecule has 1 fully saturated rings. The number of nitrogens with zero attached hydrogens (tertiary/aromatic N) is 1. The molecule has 1 saturated heterocycles. The number of nitrogens with one attached hydrogen (secondary N) is 1. The van der Waals surface area contributed by atoms with Crippen LogP contribution in [0, 0.1) is 11.6 Å². The minimum absolute atomic E-state index is 0.0998. The van der Waals surface area contributed by atoms with Crippen LogP contribution in [0.5, 0.6) is 0 Å². The van der Waals surface area contributed by atoms with E-state index in [2.05, 4.69) is 17.1 Å². The van der Waals surface area contributed by atoms with Gasteiger partial charge >= 0.3 is 0 Å². The van der Waals surface area contributed by atoms with Gasteiger partial charge in [0.2, 0.25) is 0 Å². The molecule has 0 aliphatic carbocycles. The van der Waals surface area contributed by atoms with E-state index >= 15 is 0 Å². The van der Waals surface area contributed by atoms with Crippen LogP contribution in [0.2, 0.25) is 0 Å². The number of morpholine rings is 1.